The first-order valence-corrected chi connectivity index (χ1v) is 8.30. The molecule has 0 saturated heterocycles. The number of methoxy groups -OCH3 is 1. The molecule has 2 heterocycles. The zero-order valence-electron chi connectivity index (χ0n) is 13.7. The van der Waals surface area contributed by atoms with Crippen LogP contribution < -0.4 is 10.6 Å². The number of nitrogens with zero attached hydrogens (tertiary/aromatic N) is 3. The Balaban J connectivity index is 1.71. The number of nitrogens with one attached hydrogen (secondary N) is 2. The summed E-state index contributed by atoms with van der Waals surface area (Å²) in [5.74, 6) is 0. The molecular weight excluding hydrogens is 326 g/mol. The molecule has 0 aliphatic rings. The van der Waals surface area contributed by atoms with E-state index in [1.165, 1.54) is 0 Å². The van der Waals surface area contributed by atoms with Crippen LogP contribution in [-0.4, -0.2) is 34.5 Å². The molecule has 7 nitrogen and oxygen atoms in total. The predicted molar refractivity (Wildman–Crippen MR) is 94.3 cm³/mol. The van der Waals surface area contributed by atoms with E-state index in [1.54, 1.807) is 29.3 Å². The molecule has 1 atom stereocenters. The number of thiazole rings is 1. The highest BCUT2D eigenvalue weighted by molar-refractivity contribution is 7.18. The van der Waals surface area contributed by atoms with Gasteiger partial charge in [0.05, 0.1) is 33.6 Å². The summed E-state index contributed by atoms with van der Waals surface area (Å²) in [6.07, 6.45) is 1.69. The fourth-order valence-corrected chi connectivity index (χ4v) is 3.40. The van der Waals surface area contributed by atoms with Crippen LogP contribution in [0.3, 0.4) is 0 Å². The summed E-state index contributed by atoms with van der Waals surface area (Å²) < 4.78 is 7.97. The van der Waals surface area contributed by atoms with Crippen molar-refractivity contribution in [2.24, 2.45) is 7.05 Å². The van der Waals surface area contributed by atoms with Gasteiger partial charge in [-0.3, -0.25) is 4.68 Å². The van der Waals surface area contributed by atoms with Crippen molar-refractivity contribution in [1.82, 2.24) is 20.1 Å². The molecule has 2 N–H and O–H groups in total. The van der Waals surface area contributed by atoms with Crippen LogP contribution in [0.15, 0.2) is 30.5 Å². The van der Waals surface area contributed by atoms with E-state index in [2.05, 4.69) is 20.7 Å². The largest absolute Gasteiger partial charge is 0.382 e. The molecule has 8 heteroatoms. The van der Waals surface area contributed by atoms with Crippen molar-refractivity contribution < 1.29 is 9.53 Å². The maximum Gasteiger partial charge on any atom is 0.319 e. The minimum absolute atomic E-state index is 0.281. The third kappa shape index (κ3) is 3.55. The van der Waals surface area contributed by atoms with Gasteiger partial charge in [-0.25, -0.2) is 9.78 Å². The van der Waals surface area contributed by atoms with Gasteiger partial charge in [0, 0.05) is 26.0 Å². The first kappa shape index (κ1) is 16.4. The molecule has 0 unspecified atom stereocenters. The summed E-state index contributed by atoms with van der Waals surface area (Å²) in [4.78, 5) is 16.7. The zero-order chi connectivity index (χ0) is 17.1. The van der Waals surface area contributed by atoms with E-state index in [0.29, 0.717) is 6.61 Å². The number of anilines is 1. The molecule has 0 saturated carbocycles. The van der Waals surface area contributed by atoms with Gasteiger partial charge in [-0.2, -0.15) is 5.10 Å². The van der Waals surface area contributed by atoms with E-state index in [0.717, 1.165) is 26.6 Å². The zero-order valence-corrected chi connectivity index (χ0v) is 14.6. The number of carbonyl (C=O) groups is 1. The Morgan fingerprint density at radius 3 is 2.96 bits per heavy atom. The normalized spacial score (nSPS) is 12.3. The topological polar surface area (TPSA) is 81.1 Å². The predicted octanol–water partition coefficient (Wildman–Crippen LogP) is 2.85. The summed E-state index contributed by atoms with van der Waals surface area (Å²) in [5.41, 5.74) is 2.54. The summed E-state index contributed by atoms with van der Waals surface area (Å²) in [5, 5.41) is 10.9. The molecule has 0 aliphatic heterocycles. The quantitative estimate of drug-likeness (QED) is 0.745. The lowest BCUT2D eigenvalue weighted by molar-refractivity contribution is 0.165. The van der Waals surface area contributed by atoms with Gasteiger partial charge in [0.2, 0.25) is 0 Å². The van der Waals surface area contributed by atoms with E-state index in [4.69, 9.17) is 4.74 Å². The van der Waals surface area contributed by atoms with Gasteiger partial charge in [0.25, 0.3) is 0 Å². The molecule has 0 radical (unpaired) electrons. The minimum atomic E-state index is -0.293. The van der Waals surface area contributed by atoms with E-state index >= 15 is 0 Å². The molecule has 126 valence electrons. The minimum Gasteiger partial charge on any atom is -0.382 e. The van der Waals surface area contributed by atoms with Gasteiger partial charge >= 0.3 is 6.03 Å². The van der Waals surface area contributed by atoms with E-state index in [1.807, 2.05) is 38.2 Å². The number of hydrogen-bond donors (Lipinski definition) is 2. The number of carbonyl (C=O) groups excluding carboxylic acids is 1. The second-order valence-electron chi connectivity index (χ2n) is 5.40. The van der Waals surface area contributed by atoms with Gasteiger partial charge in [-0.1, -0.05) is 0 Å². The van der Waals surface area contributed by atoms with Crippen LogP contribution in [-0.2, 0) is 11.8 Å². The highest BCUT2D eigenvalue weighted by Crippen LogP contribution is 2.24. The molecular formula is C16H19N5O2S. The molecule has 0 bridgehead atoms. The third-order valence-corrected chi connectivity index (χ3v) is 4.54. The Hall–Kier alpha value is -2.45. The number of benzene rings is 1. The number of rotatable bonds is 5. The lowest BCUT2D eigenvalue weighted by atomic mass is 10.2. The Morgan fingerprint density at radius 2 is 2.25 bits per heavy atom. The molecule has 0 fully saturated rings. The SMILES string of the molecule is COC[C@H](NC(=O)Nc1ccc2nc(C)sc2c1)c1ccnn1C. The number of hydrogen-bond acceptors (Lipinski definition) is 5. The van der Waals surface area contributed by atoms with Gasteiger partial charge < -0.3 is 15.4 Å². The van der Waals surface area contributed by atoms with Crippen molar-refractivity contribution in [3.8, 4) is 0 Å². The summed E-state index contributed by atoms with van der Waals surface area (Å²) in [6, 6.07) is 6.96. The standard InChI is InChI=1S/C16H19N5O2S/c1-10-18-12-5-4-11(8-15(12)24-10)19-16(22)20-13(9-23-3)14-6-7-17-21(14)2/h4-8,13H,9H2,1-3H3,(H2,19,20,22)/t13-/m0/s1. The molecule has 3 aromatic rings. The maximum atomic E-state index is 12.3. The molecule has 0 aliphatic carbocycles. The first-order chi connectivity index (χ1) is 11.6. The van der Waals surface area contributed by atoms with Crippen LogP contribution >= 0.6 is 11.3 Å². The van der Waals surface area contributed by atoms with Crippen molar-refractivity contribution in [2.75, 3.05) is 19.0 Å². The van der Waals surface area contributed by atoms with Crippen molar-refractivity contribution in [3.05, 3.63) is 41.2 Å². The smallest absolute Gasteiger partial charge is 0.319 e. The molecule has 2 aromatic heterocycles. The Morgan fingerprint density at radius 1 is 1.42 bits per heavy atom. The molecule has 3 rings (SSSR count). The Bertz CT molecular complexity index is 857. The van der Waals surface area contributed by atoms with Crippen molar-refractivity contribution >= 4 is 33.3 Å². The summed E-state index contributed by atoms with van der Waals surface area (Å²) in [6.45, 7) is 2.33. The number of aryl methyl sites for hydroxylation is 2. The number of urea groups is 1. The number of amides is 2. The van der Waals surface area contributed by atoms with Gasteiger partial charge in [-0.05, 0) is 31.2 Å². The fourth-order valence-electron chi connectivity index (χ4n) is 2.54. The first-order valence-electron chi connectivity index (χ1n) is 7.48. The molecule has 2 amide bonds. The van der Waals surface area contributed by atoms with Crippen LogP contribution in [0.1, 0.15) is 16.7 Å². The van der Waals surface area contributed by atoms with E-state index in [9.17, 15) is 4.79 Å². The van der Waals surface area contributed by atoms with Crippen molar-refractivity contribution in [3.63, 3.8) is 0 Å². The number of fused-ring (bicyclic) bond motifs is 1. The van der Waals surface area contributed by atoms with Crippen molar-refractivity contribution in [2.45, 2.75) is 13.0 Å². The second-order valence-corrected chi connectivity index (χ2v) is 6.64. The van der Waals surface area contributed by atoms with Crippen LogP contribution in [0, 0.1) is 6.92 Å². The Labute approximate surface area is 143 Å². The van der Waals surface area contributed by atoms with Crippen molar-refractivity contribution in [1.29, 1.82) is 0 Å². The van der Waals surface area contributed by atoms with Gasteiger partial charge in [-0.15, -0.1) is 11.3 Å². The lowest BCUT2D eigenvalue weighted by Crippen LogP contribution is -2.35. The molecule has 24 heavy (non-hydrogen) atoms. The number of ether oxygens (including phenoxy) is 1. The van der Waals surface area contributed by atoms with Crippen LogP contribution in [0.5, 0.6) is 0 Å². The van der Waals surface area contributed by atoms with Crippen LogP contribution in [0.2, 0.25) is 0 Å². The average Bonchev–Trinajstić information content (AvgIpc) is 3.11. The number of aromatic nitrogens is 3. The monoisotopic (exact) mass is 345 g/mol. The highest BCUT2D eigenvalue weighted by Gasteiger charge is 2.17. The molecule has 1 aromatic carbocycles. The Kier molecular flexibility index (Phi) is 4.77. The highest BCUT2D eigenvalue weighted by atomic mass is 32.1. The summed E-state index contributed by atoms with van der Waals surface area (Å²) in [7, 11) is 3.43. The second kappa shape index (κ2) is 6.98. The van der Waals surface area contributed by atoms with E-state index in [-0.39, 0.29) is 12.1 Å². The summed E-state index contributed by atoms with van der Waals surface area (Å²) >= 11 is 1.60. The average molecular weight is 345 g/mol. The van der Waals surface area contributed by atoms with Gasteiger partial charge in [0.1, 0.15) is 0 Å². The molecule has 0 spiro atoms. The van der Waals surface area contributed by atoms with Gasteiger partial charge in [0.15, 0.2) is 0 Å². The maximum absolute atomic E-state index is 12.3. The van der Waals surface area contributed by atoms with Crippen LogP contribution in [0.25, 0.3) is 10.2 Å². The fraction of sp³-hybridized carbons (Fsp3) is 0.312. The van der Waals surface area contributed by atoms with E-state index < -0.39 is 0 Å². The lowest BCUT2D eigenvalue weighted by Gasteiger charge is -2.18. The van der Waals surface area contributed by atoms with Crippen LogP contribution in [0.4, 0.5) is 10.5 Å². The third-order valence-electron chi connectivity index (χ3n) is 3.61.